The van der Waals surface area contributed by atoms with Crippen LogP contribution in [0.2, 0.25) is 0 Å². The maximum absolute atomic E-state index is 12.0. The lowest BCUT2D eigenvalue weighted by Gasteiger charge is -2.12. The average molecular weight is 311 g/mol. The lowest BCUT2D eigenvalue weighted by atomic mass is 10.1. The molecule has 0 fully saturated rings. The Morgan fingerprint density at radius 1 is 1.30 bits per heavy atom. The van der Waals surface area contributed by atoms with E-state index >= 15 is 0 Å². The molecule has 1 rings (SSSR count). The molecule has 0 heterocycles. The minimum absolute atomic E-state index is 0.184. The Kier molecular flexibility index (Phi) is 7.40. The Balaban J connectivity index is 2.37. The maximum Gasteiger partial charge on any atom is 0.269 e. The standard InChI is InChI=1S/C14H21N3OS2/c1-10-5-6-12(11(2)9-10)13(18)16-17-14(19)15-7-4-8-20-3/h5-6,9H,4,7-8H2,1-3H3,(H,16,18)(H2,15,17,19). The van der Waals surface area contributed by atoms with E-state index in [1.807, 2.05) is 32.0 Å². The summed E-state index contributed by atoms with van der Waals surface area (Å²) in [6.45, 7) is 4.72. The number of nitrogens with one attached hydrogen (secondary N) is 3. The summed E-state index contributed by atoms with van der Waals surface area (Å²) in [6.07, 6.45) is 3.11. The Morgan fingerprint density at radius 2 is 2.05 bits per heavy atom. The van der Waals surface area contributed by atoms with Gasteiger partial charge in [-0.3, -0.25) is 15.6 Å². The number of benzene rings is 1. The summed E-state index contributed by atoms with van der Waals surface area (Å²) in [5.74, 6) is 0.903. The quantitative estimate of drug-likeness (QED) is 0.442. The van der Waals surface area contributed by atoms with Crippen LogP contribution in [0.4, 0.5) is 0 Å². The van der Waals surface area contributed by atoms with Gasteiger partial charge in [0.1, 0.15) is 0 Å². The molecule has 1 aromatic rings. The normalized spacial score (nSPS) is 9.95. The Hall–Kier alpha value is -1.27. The first-order valence-electron chi connectivity index (χ1n) is 6.45. The van der Waals surface area contributed by atoms with Gasteiger partial charge in [0.2, 0.25) is 0 Å². The molecule has 0 atom stereocenters. The molecule has 0 bridgehead atoms. The lowest BCUT2D eigenvalue weighted by molar-refractivity contribution is 0.0943. The summed E-state index contributed by atoms with van der Waals surface area (Å²) in [7, 11) is 0. The zero-order chi connectivity index (χ0) is 15.0. The fraction of sp³-hybridized carbons (Fsp3) is 0.429. The van der Waals surface area contributed by atoms with Crippen LogP contribution in [0.5, 0.6) is 0 Å². The molecule has 3 N–H and O–H groups in total. The number of hydrogen-bond acceptors (Lipinski definition) is 3. The van der Waals surface area contributed by atoms with Gasteiger partial charge in [0.05, 0.1) is 0 Å². The Labute approximate surface area is 130 Å². The number of rotatable bonds is 5. The van der Waals surface area contributed by atoms with E-state index in [1.54, 1.807) is 11.8 Å². The van der Waals surface area contributed by atoms with Crippen LogP contribution in [-0.2, 0) is 0 Å². The minimum Gasteiger partial charge on any atom is -0.361 e. The van der Waals surface area contributed by atoms with Crippen LogP contribution in [0.25, 0.3) is 0 Å². The van der Waals surface area contributed by atoms with Gasteiger partial charge in [0.25, 0.3) is 5.91 Å². The van der Waals surface area contributed by atoms with Crippen molar-refractivity contribution < 1.29 is 4.79 Å². The molecule has 110 valence electrons. The van der Waals surface area contributed by atoms with E-state index in [9.17, 15) is 4.79 Å². The fourth-order valence-corrected chi connectivity index (χ4v) is 2.30. The second kappa shape index (κ2) is 8.81. The van der Waals surface area contributed by atoms with Gasteiger partial charge in [-0.2, -0.15) is 11.8 Å². The van der Waals surface area contributed by atoms with Crippen LogP contribution in [0, 0.1) is 13.8 Å². The first-order valence-corrected chi connectivity index (χ1v) is 8.25. The molecule has 20 heavy (non-hydrogen) atoms. The van der Waals surface area contributed by atoms with Crippen LogP contribution in [0.1, 0.15) is 27.9 Å². The van der Waals surface area contributed by atoms with E-state index in [2.05, 4.69) is 22.4 Å². The number of aryl methyl sites for hydroxylation is 2. The van der Waals surface area contributed by atoms with Crippen LogP contribution in [0.15, 0.2) is 18.2 Å². The predicted molar refractivity (Wildman–Crippen MR) is 90.1 cm³/mol. The van der Waals surface area contributed by atoms with E-state index in [-0.39, 0.29) is 5.91 Å². The van der Waals surface area contributed by atoms with Crippen molar-refractivity contribution in [3.63, 3.8) is 0 Å². The number of thioether (sulfide) groups is 1. The molecule has 6 heteroatoms. The summed E-state index contributed by atoms with van der Waals surface area (Å²) in [5, 5.41) is 3.47. The molecule has 0 saturated heterocycles. The van der Waals surface area contributed by atoms with Gasteiger partial charge in [-0.15, -0.1) is 0 Å². The average Bonchev–Trinajstić information content (AvgIpc) is 2.41. The molecule has 0 radical (unpaired) electrons. The zero-order valence-corrected chi connectivity index (χ0v) is 13.7. The van der Waals surface area contributed by atoms with E-state index in [0.29, 0.717) is 10.7 Å². The lowest BCUT2D eigenvalue weighted by Crippen LogP contribution is -2.47. The van der Waals surface area contributed by atoms with Crippen molar-refractivity contribution in [2.24, 2.45) is 0 Å². The van der Waals surface area contributed by atoms with Crippen molar-refractivity contribution in [2.45, 2.75) is 20.3 Å². The molecule has 1 aromatic carbocycles. The van der Waals surface area contributed by atoms with E-state index in [0.717, 1.165) is 29.8 Å². The van der Waals surface area contributed by atoms with Gasteiger partial charge in [-0.05, 0) is 56.1 Å². The van der Waals surface area contributed by atoms with Crippen LogP contribution >= 0.6 is 24.0 Å². The molecular weight excluding hydrogens is 290 g/mol. The third kappa shape index (κ3) is 5.79. The van der Waals surface area contributed by atoms with Gasteiger partial charge in [-0.1, -0.05) is 17.7 Å². The van der Waals surface area contributed by atoms with Gasteiger partial charge in [0.15, 0.2) is 5.11 Å². The molecule has 0 spiro atoms. The molecule has 1 amide bonds. The molecule has 0 aliphatic heterocycles. The van der Waals surface area contributed by atoms with Gasteiger partial charge in [-0.25, -0.2) is 0 Å². The SMILES string of the molecule is CSCCCNC(=S)NNC(=O)c1ccc(C)cc1C. The Bertz CT molecular complexity index is 477. The summed E-state index contributed by atoms with van der Waals surface area (Å²) in [6, 6.07) is 5.71. The highest BCUT2D eigenvalue weighted by Crippen LogP contribution is 2.09. The number of hydrazine groups is 1. The van der Waals surface area contributed by atoms with Crippen LogP contribution in [0.3, 0.4) is 0 Å². The number of hydrogen-bond donors (Lipinski definition) is 3. The smallest absolute Gasteiger partial charge is 0.269 e. The first-order chi connectivity index (χ1) is 9.54. The van der Waals surface area contributed by atoms with Crippen LogP contribution in [-0.4, -0.2) is 29.6 Å². The van der Waals surface area contributed by atoms with E-state index < -0.39 is 0 Å². The highest BCUT2D eigenvalue weighted by molar-refractivity contribution is 7.98. The van der Waals surface area contributed by atoms with Crippen molar-refractivity contribution in [1.82, 2.24) is 16.2 Å². The summed E-state index contributed by atoms with van der Waals surface area (Å²) >= 11 is 6.88. The van der Waals surface area contributed by atoms with Crippen molar-refractivity contribution in [3.05, 3.63) is 34.9 Å². The highest BCUT2D eigenvalue weighted by Gasteiger charge is 2.08. The molecule has 0 saturated carbocycles. The third-order valence-electron chi connectivity index (χ3n) is 2.73. The number of thiocarbonyl (C=S) groups is 1. The summed E-state index contributed by atoms with van der Waals surface area (Å²) in [5.41, 5.74) is 8.05. The monoisotopic (exact) mass is 311 g/mol. The van der Waals surface area contributed by atoms with E-state index in [4.69, 9.17) is 12.2 Å². The second-order valence-electron chi connectivity index (χ2n) is 4.50. The molecule has 0 aliphatic rings. The summed E-state index contributed by atoms with van der Waals surface area (Å²) in [4.78, 5) is 12.0. The molecular formula is C14H21N3OS2. The van der Waals surface area contributed by atoms with Crippen molar-refractivity contribution in [1.29, 1.82) is 0 Å². The van der Waals surface area contributed by atoms with Gasteiger partial charge in [0, 0.05) is 12.1 Å². The number of carbonyl (C=O) groups excluding carboxylic acids is 1. The fourth-order valence-electron chi connectivity index (χ4n) is 1.71. The van der Waals surface area contributed by atoms with Gasteiger partial charge >= 0.3 is 0 Å². The molecule has 4 nitrogen and oxygen atoms in total. The second-order valence-corrected chi connectivity index (χ2v) is 5.89. The topological polar surface area (TPSA) is 53.2 Å². The van der Waals surface area contributed by atoms with Crippen molar-refractivity contribution in [3.8, 4) is 0 Å². The highest BCUT2D eigenvalue weighted by atomic mass is 32.2. The number of amides is 1. The minimum atomic E-state index is -0.184. The number of carbonyl (C=O) groups is 1. The van der Waals surface area contributed by atoms with Crippen molar-refractivity contribution >= 4 is 35.0 Å². The van der Waals surface area contributed by atoms with E-state index in [1.165, 1.54) is 0 Å². The zero-order valence-electron chi connectivity index (χ0n) is 12.1. The molecule has 0 unspecified atom stereocenters. The summed E-state index contributed by atoms with van der Waals surface area (Å²) < 4.78 is 0. The first kappa shape index (κ1) is 16.8. The predicted octanol–water partition coefficient (Wildman–Crippen LogP) is 2.17. The largest absolute Gasteiger partial charge is 0.361 e. The maximum atomic E-state index is 12.0. The van der Waals surface area contributed by atoms with Crippen molar-refractivity contribution in [2.75, 3.05) is 18.6 Å². The molecule has 0 aromatic heterocycles. The van der Waals surface area contributed by atoms with Gasteiger partial charge < -0.3 is 5.32 Å². The molecule has 0 aliphatic carbocycles. The Morgan fingerprint density at radius 3 is 2.70 bits per heavy atom. The third-order valence-corrected chi connectivity index (χ3v) is 3.67. The van der Waals surface area contributed by atoms with Crippen LogP contribution < -0.4 is 16.2 Å².